The first-order chi connectivity index (χ1) is 26.2. The Balaban J connectivity index is 0.896. The van der Waals surface area contributed by atoms with E-state index in [1.54, 1.807) is 12.4 Å². The van der Waals surface area contributed by atoms with Crippen molar-refractivity contribution >= 4 is 75.7 Å². The average molecular weight is 693 g/mol. The van der Waals surface area contributed by atoms with Crippen LogP contribution in [0.5, 0.6) is 0 Å². The molecule has 0 bridgehead atoms. The first-order valence-electron chi connectivity index (χ1n) is 18.3. The average Bonchev–Trinajstić information content (AvgIpc) is 3.62. The summed E-state index contributed by atoms with van der Waals surface area (Å²) in [7, 11) is 0. The van der Waals surface area contributed by atoms with Crippen LogP contribution in [0.1, 0.15) is 23.1 Å². The van der Waals surface area contributed by atoms with E-state index in [0.29, 0.717) is 0 Å². The summed E-state index contributed by atoms with van der Waals surface area (Å²) >= 11 is 1.89. The standard InChI is InChI=1S/C50H32N2S/c1-2-11-43-41(9-1)46-30-39(23-24-44(46)49-48(43)51-25-26-52-49)34-8-5-7-33(27-34)36-21-22-37-28-35(19-20-38(37)29-36)31-15-17-32(18-16-31)40-12-6-13-45-42-10-3-4-14-47(42)53-50(40)45/h1-18,21-30H,19-20H2. The van der Waals surface area contributed by atoms with Gasteiger partial charge in [-0.05, 0) is 97.5 Å². The van der Waals surface area contributed by atoms with Gasteiger partial charge in [0, 0.05) is 43.3 Å². The third-order valence-corrected chi connectivity index (χ3v) is 12.3. The topological polar surface area (TPSA) is 25.8 Å². The molecule has 248 valence electrons. The number of aromatic nitrogens is 2. The second kappa shape index (κ2) is 12.1. The van der Waals surface area contributed by atoms with E-state index in [9.17, 15) is 0 Å². The minimum Gasteiger partial charge on any atom is -0.252 e. The van der Waals surface area contributed by atoms with Gasteiger partial charge in [0.15, 0.2) is 0 Å². The van der Waals surface area contributed by atoms with Crippen molar-refractivity contribution in [2.75, 3.05) is 0 Å². The van der Waals surface area contributed by atoms with Crippen molar-refractivity contribution in [2.24, 2.45) is 0 Å². The van der Waals surface area contributed by atoms with Gasteiger partial charge < -0.3 is 0 Å². The molecule has 0 fully saturated rings. The molecule has 0 amide bonds. The zero-order chi connectivity index (χ0) is 34.9. The number of nitrogens with zero attached hydrogens (tertiary/aromatic N) is 2. The molecule has 0 radical (unpaired) electrons. The molecule has 11 rings (SSSR count). The lowest BCUT2D eigenvalue weighted by Gasteiger charge is -2.18. The van der Waals surface area contributed by atoms with Crippen molar-refractivity contribution in [2.45, 2.75) is 12.8 Å². The summed E-state index contributed by atoms with van der Waals surface area (Å²) in [5, 5.41) is 7.37. The maximum absolute atomic E-state index is 4.74. The Kier molecular flexibility index (Phi) is 6.89. The highest BCUT2D eigenvalue weighted by molar-refractivity contribution is 7.26. The van der Waals surface area contributed by atoms with Gasteiger partial charge in [-0.15, -0.1) is 11.3 Å². The quantitative estimate of drug-likeness (QED) is 0.172. The van der Waals surface area contributed by atoms with Crippen LogP contribution in [0, 0.1) is 0 Å². The summed E-state index contributed by atoms with van der Waals surface area (Å²) in [6.07, 6.45) is 8.03. The van der Waals surface area contributed by atoms with Crippen molar-refractivity contribution in [3.05, 3.63) is 181 Å². The van der Waals surface area contributed by atoms with Crippen LogP contribution in [-0.2, 0) is 6.42 Å². The number of benzene rings is 8. The Labute approximate surface area is 311 Å². The van der Waals surface area contributed by atoms with E-state index >= 15 is 0 Å². The van der Waals surface area contributed by atoms with Gasteiger partial charge in [0.05, 0.1) is 11.0 Å². The smallest absolute Gasteiger partial charge is 0.0971 e. The van der Waals surface area contributed by atoms with E-state index < -0.39 is 0 Å². The number of hydrogen-bond donors (Lipinski definition) is 0. The SMILES string of the molecule is C1=C(c2ccc(-c3cccc4c3sc3ccccc34)cc2)CCc2cc(-c3cccc(-c4ccc5c(c4)c4ccccc4c4nccnc54)c3)ccc21. The first-order valence-corrected chi connectivity index (χ1v) is 19.1. The molecular weight excluding hydrogens is 661 g/mol. The van der Waals surface area contributed by atoms with Crippen LogP contribution >= 0.6 is 11.3 Å². The van der Waals surface area contributed by atoms with Crippen LogP contribution in [0.25, 0.3) is 97.8 Å². The van der Waals surface area contributed by atoms with Crippen LogP contribution < -0.4 is 0 Å². The minimum absolute atomic E-state index is 0.950. The third-order valence-electron chi connectivity index (χ3n) is 11.1. The van der Waals surface area contributed by atoms with E-state index in [-0.39, 0.29) is 0 Å². The van der Waals surface area contributed by atoms with Crippen LogP contribution in [0.15, 0.2) is 164 Å². The van der Waals surface area contributed by atoms with Gasteiger partial charge in [0.1, 0.15) is 0 Å². The normalized spacial score (nSPS) is 12.9. The summed E-state index contributed by atoms with van der Waals surface area (Å²) in [6, 6.07) is 55.9. The highest BCUT2D eigenvalue weighted by Gasteiger charge is 2.16. The molecule has 8 aromatic carbocycles. The van der Waals surface area contributed by atoms with Crippen molar-refractivity contribution in [3.8, 4) is 33.4 Å². The van der Waals surface area contributed by atoms with Crippen molar-refractivity contribution in [1.82, 2.24) is 9.97 Å². The molecule has 0 aliphatic heterocycles. The lowest BCUT2D eigenvalue weighted by molar-refractivity contribution is 1.00. The van der Waals surface area contributed by atoms with Crippen molar-refractivity contribution in [1.29, 1.82) is 0 Å². The molecule has 2 nitrogen and oxygen atoms in total. The summed E-state index contributed by atoms with van der Waals surface area (Å²) in [4.78, 5) is 9.43. The molecule has 3 heteroatoms. The molecule has 0 atom stereocenters. The van der Waals surface area contributed by atoms with E-state index in [2.05, 4.69) is 158 Å². The van der Waals surface area contributed by atoms with Gasteiger partial charge in [0.25, 0.3) is 0 Å². The molecule has 1 aliphatic carbocycles. The maximum Gasteiger partial charge on any atom is 0.0971 e. The monoisotopic (exact) mass is 692 g/mol. The summed E-state index contributed by atoms with van der Waals surface area (Å²) in [6.45, 7) is 0. The fraction of sp³-hybridized carbons (Fsp3) is 0.0400. The molecule has 2 heterocycles. The Morgan fingerprint density at radius 2 is 1.04 bits per heavy atom. The highest BCUT2D eigenvalue weighted by Crippen LogP contribution is 2.41. The second-order valence-corrected chi connectivity index (χ2v) is 15.1. The van der Waals surface area contributed by atoms with Gasteiger partial charge in [-0.25, -0.2) is 0 Å². The lowest BCUT2D eigenvalue weighted by atomic mass is 9.86. The van der Waals surface area contributed by atoms with E-state index in [4.69, 9.17) is 9.97 Å². The van der Waals surface area contributed by atoms with Crippen LogP contribution in [0.2, 0.25) is 0 Å². The van der Waals surface area contributed by atoms with Gasteiger partial charge in [-0.1, -0.05) is 140 Å². The molecule has 53 heavy (non-hydrogen) atoms. The van der Waals surface area contributed by atoms with Crippen molar-refractivity contribution in [3.63, 3.8) is 0 Å². The molecule has 2 aromatic heterocycles. The fourth-order valence-corrected chi connectivity index (χ4v) is 9.66. The van der Waals surface area contributed by atoms with Crippen LogP contribution in [0.3, 0.4) is 0 Å². The molecule has 0 saturated heterocycles. The third kappa shape index (κ3) is 5.00. The zero-order valence-corrected chi connectivity index (χ0v) is 29.7. The maximum atomic E-state index is 4.74. The van der Waals surface area contributed by atoms with E-state index in [0.717, 1.165) is 34.6 Å². The van der Waals surface area contributed by atoms with Gasteiger partial charge in [-0.3, -0.25) is 9.97 Å². The van der Waals surface area contributed by atoms with Crippen LogP contribution in [0.4, 0.5) is 0 Å². The minimum atomic E-state index is 0.950. The first kappa shape index (κ1) is 30.2. The predicted molar refractivity (Wildman–Crippen MR) is 226 cm³/mol. The van der Waals surface area contributed by atoms with E-state index in [1.807, 2.05) is 11.3 Å². The Hall–Kier alpha value is -6.42. The van der Waals surface area contributed by atoms with Gasteiger partial charge >= 0.3 is 0 Å². The predicted octanol–water partition coefficient (Wildman–Crippen LogP) is 13.8. The Bertz CT molecular complexity index is 3080. The lowest BCUT2D eigenvalue weighted by Crippen LogP contribution is -1.99. The van der Waals surface area contributed by atoms with Crippen molar-refractivity contribution < 1.29 is 0 Å². The fourth-order valence-electron chi connectivity index (χ4n) is 8.43. The molecule has 0 unspecified atom stereocenters. The molecular formula is C50H32N2S. The number of fused-ring (bicyclic) bond motifs is 10. The number of rotatable bonds is 4. The van der Waals surface area contributed by atoms with Crippen LogP contribution in [-0.4, -0.2) is 9.97 Å². The summed E-state index contributed by atoms with van der Waals surface area (Å²) < 4.78 is 2.71. The molecule has 0 saturated carbocycles. The Morgan fingerprint density at radius 1 is 0.415 bits per heavy atom. The van der Waals surface area contributed by atoms with Gasteiger partial charge in [-0.2, -0.15) is 0 Å². The zero-order valence-electron chi connectivity index (χ0n) is 28.9. The number of thiophene rings is 1. The molecule has 0 N–H and O–H groups in total. The number of hydrogen-bond acceptors (Lipinski definition) is 3. The molecule has 1 aliphatic rings. The molecule has 10 aromatic rings. The highest BCUT2D eigenvalue weighted by atomic mass is 32.1. The summed E-state index contributed by atoms with van der Waals surface area (Å²) in [5.74, 6) is 0. The molecule has 0 spiro atoms. The largest absolute Gasteiger partial charge is 0.252 e. The second-order valence-electron chi connectivity index (χ2n) is 14.1. The van der Waals surface area contributed by atoms with Gasteiger partial charge in [0.2, 0.25) is 0 Å². The van der Waals surface area contributed by atoms with E-state index in [1.165, 1.54) is 86.6 Å². The number of allylic oxidation sites excluding steroid dienone is 1. The summed E-state index contributed by atoms with van der Waals surface area (Å²) in [5.41, 5.74) is 14.8. The number of aryl methyl sites for hydroxylation is 1. The Morgan fingerprint density at radius 3 is 1.87 bits per heavy atom.